The van der Waals surface area contributed by atoms with Crippen LogP contribution >= 0.6 is 0 Å². The summed E-state index contributed by atoms with van der Waals surface area (Å²) in [5.74, 6) is -0.160. The van der Waals surface area contributed by atoms with E-state index in [-0.39, 0.29) is 17.8 Å². The Bertz CT molecular complexity index is 650. The van der Waals surface area contributed by atoms with Gasteiger partial charge in [0.15, 0.2) is 0 Å². The van der Waals surface area contributed by atoms with E-state index in [2.05, 4.69) is 10.6 Å². The number of aromatic nitrogens is 1. The lowest BCUT2D eigenvalue weighted by Gasteiger charge is -2.22. The number of hydrogen-bond acceptors (Lipinski definition) is 2. The Labute approximate surface area is 117 Å². The highest BCUT2D eigenvalue weighted by Gasteiger charge is 2.21. The number of carbonyl (C=O) groups is 1. The van der Waals surface area contributed by atoms with Crippen molar-refractivity contribution in [3.63, 3.8) is 0 Å². The number of benzene rings is 1. The van der Waals surface area contributed by atoms with Gasteiger partial charge in [0.25, 0.3) is 0 Å². The first kappa shape index (κ1) is 13.1. The number of piperidine rings is 1. The zero-order valence-electron chi connectivity index (χ0n) is 11.4. The van der Waals surface area contributed by atoms with E-state index in [9.17, 15) is 9.18 Å². The number of fused-ring (bicyclic) bond motifs is 1. The van der Waals surface area contributed by atoms with Crippen LogP contribution < -0.4 is 10.6 Å². The summed E-state index contributed by atoms with van der Waals surface area (Å²) in [5, 5.41) is 7.18. The van der Waals surface area contributed by atoms with Gasteiger partial charge in [0.05, 0.1) is 11.6 Å². The lowest BCUT2D eigenvalue weighted by atomic mass is 10.1. The van der Waals surface area contributed by atoms with E-state index in [1.54, 1.807) is 6.07 Å². The third-order valence-electron chi connectivity index (χ3n) is 3.86. The molecule has 1 aromatic heterocycles. The van der Waals surface area contributed by atoms with Crippen molar-refractivity contribution in [1.29, 1.82) is 0 Å². The molecule has 2 heterocycles. The predicted molar refractivity (Wildman–Crippen MR) is 75.7 cm³/mol. The van der Waals surface area contributed by atoms with Crippen LogP contribution in [-0.4, -0.2) is 23.1 Å². The SMILES string of the molecule is Cn1cc(CNC2CCCNC2=O)c2ccc(F)cc21. The minimum Gasteiger partial charge on any atom is -0.355 e. The normalized spacial score (nSPS) is 19.3. The van der Waals surface area contributed by atoms with Crippen LogP contribution in [0.2, 0.25) is 0 Å². The molecule has 5 heteroatoms. The second kappa shape index (κ2) is 5.25. The van der Waals surface area contributed by atoms with E-state index in [0.29, 0.717) is 6.54 Å². The number of nitrogens with zero attached hydrogens (tertiary/aromatic N) is 1. The molecule has 1 unspecified atom stereocenters. The molecule has 1 saturated heterocycles. The van der Waals surface area contributed by atoms with Crippen LogP contribution in [0.3, 0.4) is 0 Å². The summed E-state index contributed by atoms with van der Waals surface area (Å²) in [6.45, 7) is 1.38. The van der Waals surface area contributed by atoms with Crippen LogP contribution in [0.5, 0.6) is 0 Å². The maximum absolute atomic E-state index is 13.3. The molecule has 106 valence electrons. The second-order valence-corrected chi connectivity index (χ2v) is 5.29. The molecule has 0 bridgehead atoms. The molecule has 4 nitrogen and oxygen atoms in total. The van der Waals surface area contributed by atoms with Crippen LogP contribution in [0.25, 0.3) is 10.9 Å². The van der Waals surface area contributed by atoms with Crippen molar-refractivity contribution >= 4 is 16.8 Å². The third kappa shape index (κ3) is 2.41. The van der Waals surface area contributed by atoms with Crippen molar-refractivity contribution in [3.8, 4) is 0 Å². The van der Waals surface area contributed by atoms with E-state index in [4.69, 9.17) is 0 Å². The van der Waals surface area contributed by atoms with Gasteiger partial charge >= 0.3 is 0 Å². The second-order valence-electron chi connectivity index (χ2n) is 5.29. The van der Waals surface area contributed by atoms with Gasteiger partial charge < -0.3 is 15.2 Å². The van der Waals surface area contributed by atoms with Crippen molar-refractivity contribution in [1.82, 2.24) is 15.2 Å². The number of nitrogens with one attached hydrogen (secondary N) is 2. The van der Waals surface area contributed by atoms with E-state index in [1.165, 1.54) is 12.1 Å². The number of amides is 1. The van der Waals surface area contributed by atoms with Crippen LogP contribution in [0.4, 0.5) is 4.39 Å². The van der Waals surface area contributed by atoms with Crippen molar-refractivity contribution < 1.29 is 9.18 Å². The van der Waals surface area contributed by atoms with Gasteiger partial charge in [-0.25, -0.2) is 4.39 Å². The van der Waals surface area contributed by atoms with E-state index in [1.807, 2.05) is 17.8 Å². The van der Waals surface area contributed by atoms with Crippen molar-refractivity contribution in [3.05, 3.63) is 35.8 Å². The van der Waals surface area contributed by atoms with Crippen molar-refractivity contribution in [2.45, 2.75) is 25.4 Å². The maximum atomic E-state index is 13.3. The molecule has 20 heavy (non-hydrogen) atoms. The van der Waals surface area contributed by atoms with Crippen molar-refractivity contribution in [2.75, 3.05) is 6.54 Å². The predicted octanol–water partition coefficient (Wildman–Crippen LogP) is 1.69. The van der Waals surface area contributed by atoms with E-state index >= 15 is 0 Å². The molecular formula is C15H18FN3O. The number of hydrogen-bond donors (Lipinski definition) is 2. The maximum Gasteiger partial charge on any atom is 0.237 e. The molecule has 1 aromatic carbocycles. The molecule has 0 aliphatic carbocycles. The standard InChI is InChI=1S/C15H18FN3O/c1-19-9-10(12-5-4-11(16)7-14(12)19)8-18-13-3-2-6-17-15(13)20/h4-5,7,9,13,18H,2-3,6,8H2,1H3,(H,17,20). The highest BCUT2D eigenvalue weighted by atomic mass is 19.1. The summed E-state index contributed by atoms with van der Waals surface area (Å²) >= 11 is 0. The minimum absolute atomic E-state index is 0.0718. The minimum atomic E-state index is -0.232. The summed E-state index contributed by atoms with van der Waals surface area (Å²) < 4.78 is 15.2. The van der Waals surface area contributed by atoms with Gasteiger partial charge in [-0.1, -0.05) is 0 Å². The van der Waals surface area contributed by atoms with Gasteiger partial charge in [-0.05, 0) is 36.6 Å². The highest BCUT2D eigenvalue weighted by molar-refractivity contribution is 5.84. The fourth-order valence-corrected chi connectivity index (χ4v) is 2.78. The number of halogens is 1. The van der Waals surface area contributed by atoms with Crippen LogP contribution in [0.1, 0.15) is 18.4 Å². The van der Waals surface area contributed by atoms with E-state index in [0.717, 1.165) is 35.9 Å². The Hall–Kier alpha value is -1.88. The Kier molecular flexibility index (Phi) is 3.44. The lowest BCUT2D eigenvalue weighted by molar-refractivity contribution is -0.124. The molecule has 0 radical (unpaired) electrons. The molecule has 2 aromatic rings. The van der Waals surface area contributed by atoms with Crippen LogP contribution in [0.15, 0.2) is 24.4 Å². The Morgan fingerprint density at radius 1 is 1.50 bits per heavy atom. The summed E-state index contributed by atoms with van der Waals surface area (Å²) in [4.78, 5) is 11.7. The molecule has 1 amide bonds. The Morgan fingerprint density at radius 3 is 3.15 bits per heavy atom. The smallest absolute Gasteiger partial charge is 0.237 e. The fourth-order valence-electron chi connectivity index (χ4n) is 2.78. The largest absolute Gasteiger partial charge is 0.355 e. The molecule has 1 fully saturated rings. The molecule has 1 atom stereocenters. The lowest BCUT2D eigenvalue weighted by Crippen LogP contribution is -2.47. The summed E-state index contributed by atoms with van der Waals surface area (Å²) in [5.41, 5.74) is 1.95. The molecule has 1 aliphatic heterocycles. The zero-order chi connectivity index (χ0) is 14.1. The number of aryl methyl sites for hydroxylation is 1. The van der Waals surface area contributed by atoms with E-state index < -0.39 is 0 Å². The van der Waals surface area contributed by atoms with Crippen molar-refractivity contribution in [2.24, 2.45) is 7.05 Å². The quantitative estimate of drug-likeness (QED) is 0.895. The average molecular weight is 275 g/mol. The molecule has 1 aliphatic rings. The monoisotopic (exact) mass is 275 g/mol. The van der Waals surface area contributed by atoms with Gasteiger partial charge in [-0.15, -0.1) is 0 Å². The topological polar surface area (TPSA) is 46.1 Å². The Balaban J connectivity index is 1.79. The number of carbonyl (C=O) groups excluding carboxylic acids is 1. The third-order valence-corrected chi connectivity index (χ3v) is 3.86. The molecule has 2 N–H and O–H groups in total. The molecular weight excluding hydrogens is 257 g/mol. The van der Waals surface area contributed by atoms with Crippen LogP contribution in [0, 0.1) is 5.82 Å². The Morgan fingerprint density at radius 2 is 2.35 bits per heavy atom. The number of rotatable bonds is 3. The average Bonchev–Trinajstić information content (AvgIpc) is 2.74. The first-order chi connectivity index (χ1) is 9.65. The fraction of sp³-hybridized carbons (Fsp3) is 0.400. The summed E-state index contributed by atoms with van der Waals surface area (Å²) in [7, 11) is 1.90. The van der Waals surface area contributed by atoms with Gasteiger partial charge in [0.2, 0.25) is 5.91 Å². The molecule has 0 saturated carbocycles. The van der Waals surface area contributed by atoms with Gasteiger partial charge in [-0.3, -0.25) is 4.79 Å². The highest BCUT2D eigenvalue weighted by Crippen LogP contribution is 2.21. The first-order valence-corrected chi connectivity index (χ1v) is 6.90. The summed E-state index contributed by atoms with van der Waals surface area (Å²) in [6.07, 6.45) is 3.85. The molecule has 3 rings (SSSR count). The van der Waals surface area contributed by atoms with Gasteiger partial charge in [0.1, 0.15) is 5.82 Å². The van der Waals surface area contributed by atoms with Gasteiger partial charge in [-0.2, -0.15) is 0 Å². The first-order valence-electron chi connectivity index (χ1n) is 6.90. The van der Waals surface area contributed by atoms with Crippen LogP contribution in [-0.2, 0) is 18.4 Å². The molecule has 0 spiro atoms. The summed E-state index contributed by atoms with van der Waals surface area (Å²) in [6, 6.07) is 4.67. The van der Waals surface area contributed by atoms with Gasteiger partial charge in [0, 0.05) is 31.7 Å². The zero-order valence-corrected chi connectivity index (χ0v) is 11.4.